The fourth-order valence-electron chi connectivity index (χ4n) is 8.32. The zero-order chi connectivity index (χ0) is 58.8. The Labute approximate surface area is 459 Å². The lowest BCUT2D eigenvalue weighted by atomic mass is 10.0. The summed E-state index contributed by atoms with van der Waals surface area (Å²) in [6.07, 6.45) is 2.33. The van der Waals surface area contributed by atoms with Gasteiger partial charge in [-0.15, -0.1) is 35.3 Å². The first-order valence-electron chi connectivity index (χ1n) is 23.7. The summed E-state index contributed by atoms with van der Waals surface area (Å²) >= 11 is 0.206. The molecule has 0 unspecified atom stereocenters. The van der Waals surface area contributed by atoms with Gasteiger partial charge < -0.3 is 29.2 Å². The molecule has 0 atom stereocenters. The molecular weight excluding hydrogens is 1140 g/mol. The van der Waals surface area contributed by atoms with E-state index in [9.17, 15) is 14.4 Å². The lowest BCUT2D eigenvalue weighted by Crippen LogP contribution is -2.25. The van der Waals surface area contributed by atoms with Crippen molar-refractivity contribution in [2.24, 2.45) is 0 Å². The number of nitrogens with one attached hydrogen (secondary N) is 3. The highest BCUT2D eigenvalue weighted by Crippen LogP contribution is 2.45. The van der Waals surface area contributed by atoms with E-state index in [1.807, 2.05) is 0 Å². The average Bonchev–Trinajstić information content (AvgIpc) is 4.38. The second-order valence-electron chi connectivity index (χ2n) is 20.7. The van der Waals surface area contributed by atoms with E-state index in [4.69, 9.17) is 14.2 Å². The van der Waals surface area contributed by atoms with E-state index in [2.05, 4.69) is 19.9 Å². The van der Waals surface area contributed by atoms with E-state index < -0.39 is 198 Å². The number of benzene rings is 3. The first-order valence-corrected chi connectivity index (χ1v) is 26.7. The maximum absolute atomic E-state index is 16.9. The number of fused-ring (bicyclic) bond motifs is 9. The number of ether oxygens (including phenoxy) is 3. The number of aromatic amines is 3. The van der Waals surface area contributed by atoms with Gasteiger partial charge >= 0.3 is 17.9 Å². The van der Waals surface area contributed by atoms with Gasteiger partial charge in [0.25, 0.3) is 0 Å². The van der Waals surface area contributed by atoms with E-state index in [1.54, 1.807) is 0 Å². The summed E-state index contributed by atoms with van der Waals surface area (Å²) in [7, 11) is 0. The fourth-order valence-corrected chi connectivity index (χ4v) is 10.6. The predicted octanol–water partition coefficient (Wildman–Crippen LogP) is 15.7. The van der Waals surface area contributed by atoms with Crippen LogP contribution < -0.4 is 0 Å². The topological polar surface area (TPSA) is 139 Å². The molecular formula is C55H44F12N4O6S3. The summed E-state index contributed by atoms with van der Waals surface area (Å²) in [4.78, 5) is 46.2. The second kappa shape index (κ2) is 22.2. The Morgan fingerprint density at radius 2 is 0.600 bits per heavy atom. The van der Waals surface area contributed by atoms with Crippen molar-refractivity contribution in [2.75, 3.05) is 17.3 Å². The van der Waals surface area contributed by atoms with Crippen LogP contribution in [0.1, 0.15) is 73.7 Å². The molecule has 80 heavy (non-hydrogen) atoms. The number of halogens is 12. The van der Waals surface area contributed by atoms with Crippen molar-refractivity contribution in [3.8, 4) is 33.4 Å². The highest BCUT2D eigenvalue weighted by molar-refractivity contribution is 8.00. The first-order chi connectivity index (χ1) is 37.3. The summed E-state index contributed by atoms with van der Waals surface area (Å²) in [5, 5.41) is 0. The molecule has 1 aliphatic heterocycles. The molecule has 3 aromatic carbocycles. The minimum atomic E-state index is -2.11. The van der Waals surface area contributed by atoms with Crippen LogP contribution in [-0.4, -0.2) is 71.9 Å². The maximum atomic E-state index is 16.9. The van der Waals surface area contributed by atoms with Crippen molar-refractivity contribution < 1.29 is 81.3 Å². The quantitative estimate of drug-likeness (QED) is 0.0356. The molecule has 422 valence electrons. The number of carbonyl (C=O) groups excluding carboxylic acids is 3. The minimum absolute atomic E-state index is 0.0395. The van der Waals surface area contributed by atoms with Crippen LogP contribution in [0.3, 0.4) is 0 Å². The first kappa shape index (κ1) is 59.1. The number of aromatic nitrogens is 4. The van der Waals surface area contributed by atoms with Gasteiger partial charge in [-0.2, -0.15) is 0 Å². The van der Waals surface area contributed by atoms with Crippen molar-refractivity contribution in [3.63, 3.8) is 0 Å². The van der Waals surface area contributed by atoms with Gasteiger partial charge in [-0.05, 0) is 111 Å². The van der Waals surface area contributed by atoms with Crippen LogP contribution in [0.25, 0.3) is 78.6 Å². The zero-order valence-electron chi connectivity index (χ0n) is 43.4. The Bertz CT molecular complexity index is 3810. The summed E-state index contributed by atoms with van der Waals surface area (Å²) in [5.74, 6) is -29.7. The maximum Gasteiger partial charge on any atom is 0.316 e. The van der Waals surface area contributed by atoms with Gasteiger partial charge in [0, 0.05) is 44.3 Å². The smallest absolute Gasteiger partial charge is 0.316 e. The van der Waals surface area contributed by atoms with Crippen molar-refractivity contribution in [2.45, 2.75) is 93.8 Å². The highest BCUT2D eigenvalue weighted by atomic mass is 32.2. The van der Waals surface area contributed by atoms with Crippen molar-refractivity contribution in [1.82, 2.24) is 19.9 Å². The number of rotatable bonds is 12. The Kier molecular flexibility index (Phi) is 16.4. The molecule has 4 aromatic heterocycles. The van der Waals surface area contributed by atoms with Gasteiger partial charge in [0.15, 0.2) is 69.8 Å². The number of carbonyl (C=O) groups is 3. The molecule has 10 nitrogen and oxygen atoms in total. The number of esters is 3. The van der Waals surface area contributed by atoms with Gasteiger partial charge in [0.1, 0.15) is 16.8 Å². The minimum Gasteiger partial charge on any atom is -0.459 e. The summed E-state index contributed by atoms with van der Waals surface area (Å²) in [6.45, 7) is 13.5. The van der Waals surface area contributed by atoms with Crippen LogP contribution in [0.15, 0.2) is 51.1 Å². The molecule has 0 aliphatic carbocycles. The van der Waals surface area contributed by atoms with E-state index in [1.165, 1.54) is 74.5 Å². The SMILES string of the molecule is CC(C)(C)OC(=O)CSc1c(F)c(F)c(-c2c3nc(c4ccc([nH]4)c(-c4c(F)c(F)c(SCC(=O)OC(C)(C)C)c(F)c4F)c4ccc([nH]4)c(-c4c(F)c(F)c(SCC(=O)OC(C)(C)C)c(F)c4F)c4ccc2[nH]4)C=C3)c(F)c1F. The van der Waals surface area contributed by atoms with E-state index in [0.717, 1.165) is 36.4 Å². The fraction of sp³-hybridized carbons (Fsp3) is 0.273. The van der Waals surface area contributed by atoms with Crippen LogP contribution in [0.2, 0.25) is 0 Å². The van der Waals surface area contributed by atoms with Crippen molar-refractivity contribution >= 4 is 98.4 Å². The summed E-state index contributed by atoms with van der Waals surface area (Å²) < 4.78 is 213. The molecule has 25 heteroatoms. The molecule has 3 N–H and O–H groups in total. The van der Waals surface area contributed by atoms with Crippen LogP contribution in [0, 0.1) is 69.8 Å². The number of hydrogen-bond acceptors (Lipinski definition) is 10. The molecule has 0 saturated carbocycles. The Balaban J connectivity index is 1.45. The predicted molar refractivity (Wildman–Crippen MR) is 281 cm³/mol. The molecule has 0 amide bonds. The van der Waals surface area contributed by atoms with Gasteiger partial charge in [-0.1, -0.05) is 0 Å². The number of thioether (sulfide) groups is 3. The van der Waals surface area contributed by atoms with E-state index >= 15 is 52.7 Å². The average molecular weight is 1180 g/mol. The molecule has 5 heterocycles. The lowest BCUT2D eigenvalue weighted by Gasteiger charge is -2.19. The van der Waals surface area contributed by atoms with Crippen LogP contribution in [0.4, 0.5) is 52.7 Å². The molecule has 0 radical (unpaired) electrons. The van der Waals surface area contributed by atoms with Crippen molar-refractivity contribution in [3.05, 3.63) is 118 Å². The lowest BCUT2D eigenvalue weighted by molar-refractivity contribution is -0.152. The molecule has 0 spiro atoms. The van der Waals surface area contributed by atoms with Gasteiger partial charge in [0.2, 0.25) is 0 Å². The molecule has 7 aromatic rings. The second-order valence-corrected chi connectivity index (χ2v) is 23.7. The number of hydrogen-bond donors (Lipinski definition) is 3. The summed E-state index contributed by atoms with van der Waals surface area (Å²) in [6, 6.07) is 6.32. The standard InChI is InChI=1S/C55H44F12N4O6S3/c1-53(2,3)75-29(72)18-78-50-44(62)38(56)35(39(57)45(50)63)32-23-12-10-21(68-23)22-11-13-24(69-22)33(36-40(58)46(64)51(47(65)41(36)59)79-19-30(73)76-54(4,5)6)26-15-17-28(71-26)34(27-16-14-25(32)70-27)37-42(60)48(66)52(49(67)43(37)61)80-20-31(74)77-55(7,8)9/h10-17,68,70-71H,18-20H2,1-9H3. The molecule has 8 rings (SSSR count). The third-order valence-electron chi connectivity index (χ3n) is 11.3. The molecule has 1 aliphatic rings. The Hall–Kier alpha value is -6.99. The van der Waals surface area contributed by atoms with Crippen LogP contribution >= 0.6 is 35.3 Å². The highest BCUT2D eigenvalue weighted by Gasteiger charge is 2.34. The van der Waals surface area contributed by atoms with E-state index in [0.29, 0.717) is 0 Å². The van der Waals surface area contributed by atoms with Gasteiger partial charge in [-0.3, -0.25) is 14.4 Å². The molecule has 0 saturated heterocycles. The summed E-state index contributed by atoms with van der Waals surface area (Å²) in [5.41, 5.74) is -13.1. The number of H-pyrrole nitrogens is 3. The van der Waals surface area contributed by atoms with Crippen LogP contribution in [0.5, 0.6) is 0 Å². The zero-order valence-corrected chi connectivity index (χ0v) is 45.8. The van der Waals surface area contributed by atoms with E-state index in [-0.39, 0.29) is 52.0 Å². The third-order valence-corrected chi connectivity index (χ3v) is 14.3. The monoisotopic (exact) mass is 1180 g/mol. The Morgan fingerprint density at radius 3 is 0.887 bits per heavy atom. The number of nitrogens with zero attached hydrogens (tertiary/aromatic N) is 1. The van der Waals surface area contributed by atoms with Gasteiger partial charge in [-0.25, -0.2) is 57.7 Å². The Morgan fingerprint density at radius 1 is 0.362 bits per heavy atom. The molecule has 0 fully saturated rings. The largest absolute Gasteiger partial charge is 0.459 e. The third kappa shape index (κ3) is 11.9. The van der Waals surface area contributed by atoms with Crippen LogP contribution in [-0.2, 0) is 28.6 Å². The normalized spacial score (nSPS) is 12.5. The van der Waals surface area contributed by atoms with Crippen molar-refractivity contribution in [1.29, 1.82) is 0 Å². The molecule has 8 bridgehead atoms. The van der Waals surface area contributed by atoms with Gasteiger partial charge in [0.05, 0.1) is 65.5 Å².